The summed E-state index contributed by atoms with van der Waals surface area (Å²) in [5.74, 6) is -0.210. The Morgan fingerprint density at radius 1 is 1.50 bits per heavy atom. The number of nitrogens with zero attached hydrogens (tertiary/aromatic N) is 2. The van der Waals surface area contributed by atoms with E-state index in [2.05, 4.69) is 48.9 Å². The van der Waals surface area contributed by atoms with Crippen molar-refractivity contribution in [2.24, 2.45) is 0 Å². The topological polar surface area (TPSA) is 46.9 Å². The molecule has 1 aromatic carbocycles. The van der Waals surface area contributed by atoms with Gasteiger partial charge < -0.3 is 5.32 Å². The van der Waals surface area contributed by atoms with Gasteiger partial charge in [-0.25, -0.2) is 0 Å². The number of rotatable bonds is 3. The smallest absolute Gasteiger partial charge is 0.277 e. The van der Waals surface area contributed by atoms with Crippen molar-refractivity contribution in [1.29, 1.82) is 0 Å². The van der Waals surface area contributed by atoms with Gasteiger partial charge in [0.15, 0.2) is 5.69 Å². The first-order valence-corrected chi connectivity index (χ1v) is 7.28. The van der Waals surface area contributed by atoms with E-state index in [1.54, 1.807) is 10.9 Å². The fourth-order valence-corrected chi connectivity index (χ4v) is 2.47. The third-order valence-electron chi connectivity index (χ3n) is 2.38. The molecular weight excluding hydrogens is 409 g/mol. The Morgan fingerprint density at radius 3 is 2.83 bits per heavy atom. The summed E-state index contributed by atoms with van der Waals surface area (Å²) in [5, 5.41) is 7.06. The van der Waals surface area contributed by atoms with Crippen LogP contribution in [0, 0.1) is 3.57 Å². The summed E-state index contributed by atoms with van der Waals surface area (Å²) in [6.07, 6.45) is 1.80. The summed E-state index contributed by atoms with van der Waals surface area (Å²) in [6, 6.07) is 7.62. The Labute approximate surface area is 127 Å². The second-order valence-electron chi connectivity index (χ2n) is 3.62. The minimum atomic E-state index is -0.210. The predicted molar refractivity (Wildman–Crippen MR) is 82.7 cm³/mol. The van der Waals surface area contributed by atoms with Gasteiger partial charge in [-0.15, -0.1) is 0 Å². The average molecular weight is 420 g/mol. The third kappa shape index (κ3) is 2.92. The second-order valence-corrected chi connectivity index (χ2v) is 5.63. The summed E-state index contributed by atoms with van der Waals surface area (Å²) in [5.41, 5.74) is 1.19. The fourth-order valence-electron chi connectivity index (χ4n) is 1.46. The molecule has 1 aromatic heterocycles. The Kier molecular flexibility index (Phi) is 4.39. The summed E-state index contributed by atoms with van der Waals surface area (Å²) in [4.78, 5) is 12.1. The molecule has 0 radical (unpaired) electrons. The number of carbonyl (C=O) groups excluding carboxylic acids is 1. The molecule has 18 heavy (non-hydrogen) atoms. The molecule has 1 N–H and O–H groups in total. The monoisotopic (exact) mass is 419 g/mol. The molecule has 1 heterocycles. The van der Waals surface area contributed by atoms with Crippen LogP contribution in [0.2, 0.25) is 0 Å². The van der Waals surface area contributed by atoms with Gasteiger partial charge in [0.25, 0.3) is 5.91 Å². The first-order valence-electron chi connectivity index (χ1n) is 5.40. The molecule has 6 heteroatoms. The van der Waals surface area contributed by atoms with E-state index >= 15 is 0 Å². The molecule has 2 rings (SSSR count). The highest BCUT2D eigenvalue weighted by molar-refractivity contribution is 14.1. The van der Waals surface area contributed by atoms with E-state index in [0.29, 0.717) is 10.2 Å². The molecule has 0 saturated heterocycles. The maximum absolute atomic E-state index is 12.1. The van der Waals surface area contributed by atoms with E-state index in [-0.39, 0.29) is 5.91 Å². The maximum Gasteiger partial charge on any atom is 0.277 e. The molecule has 2 aromatic rings. The zero-order chi connectivity index (χ0) is 13.1. The molecular formula is C12H11BrIN3O. The van der Waals surface area contributed by atoms with Gasteiger partial charge in [0, 0.05) is 16.3 Å². The quantitative estimate of drug-likeness (QED) is 0.773. The minimum Gasteiger partial charge on any atom is -0.320 e. The van der Waals surface area contributed by atoms with Crippen molar-refractivity contribution < 1.29 is 4.79 Å². The maximum atomic E-state index is 12.1. The van der Waals surface area contributed by atoms with Crippen LogP contribution in [0.5, 0.6) is 0 Å². The van der Waals surface area contributed by atoms with Crippen LogP contribution in [-0.2, 0) is 6.54 Å². The van der Waals surface area contributed by atoms with Crippen molar-refractivity contribution in [2.45, 2.75) is 13.5 Å². The van der Waals surface area contributed by atoms with Crippen LogP contribution in [0.25, 0.3) is 0 Å². The number of anilines is 1. The minimum absolute atomic E-state index is 0.210. The summed E-state index contributed by atoms with van der Waals surface area (Å²) < 4.78 is 3.41. The number of carbonyl (C=O) groups is 1. The SMILES string of the molecule is CCn1cc(Br)c(C(=O)Nc2ccccc2I)n1. The Balaban J connectivity index is 2.22. The number of para-hydroxylation sites is 1. The summed E-state index contributed by atoms with van der Waals surface area (Å²) in [6.45, 7) is 2.70. The van der Waals surface area contributed by atoms with Gasteiger partial charge in [-0.2, -0.15) is 5.10 Å². The van der Waals surface area contributed by atoms with Crippen molar-refractivity contribution >= 4 is 50.1 Å². The molecule has 0 fully saturated rings. The van der Waals surface area contributed by atoms with Crippen LogP contribution in [0.15, 0.2) is 34.9 Å². The van der Waals surface area contributed by atoms with Crippen molar-refractivity contribution in [1.82, 2.24) is 9.78 Å². The highest BCUT2D eigenvalue weighted by atomic mass is 127. The lowest BCUT2D eigenvalue weighted by Gasteiger charge is -2.05. The van der Waals surface area contributed by atoms with Crippen LogP contribution >= 0.6 is 38.5 Å². The molecule has 1 amide bonds. The zero-order valence-corrected chi connectivity index (χ0v) is 13.4. The van der Waals surface area contributed by atoms with E-state index in [9.17, 15) is 4.79 Å². The Hall–Kier alpha value is -0.890. The average Bonchev–Trinajstić information content (AvgIpc) is 2.73. The predicted octanol–water partition coefficient (Wildman–Crippen LogP) is 3.52. The number of hydrogen-bond acceptors (Lipinski definition) is 2. The van der Waals surface area contributed by atoms with Gasteiger partial charge in [-0.1, -0.05) is 12.1 Å². The molecule has 0 spiro atoms. The number of aryl methyl sites for hydroxylation is 1. The lowest BCUT2D eigenvalue weighted by molar-refractivity contribution is 0.102. The highest BCUT2D eigenvalue weighted by Gasteiger charge is 2.15. The van der Waals surface area contributed by atoms with Crippen LogP contribution < -0.4 is 5.32 Å². The van der Waals surface area contributed by atoms with Crippen LogP contribution in [0.4, 0.5) is 5.69 Å². The van der Waals surface area contributed by atoms with E-state index in [0.717, 1.165) is 15.8 Å². The molecule has 0 aliphatic rings. The van der Waals surface area contributed by atoms with Crippen LogP contribution in [-0.4, -0.2) is 15.7 Å². The van der Waals surface area contributed by atoms with Gasteiger partial charge in [0.1, 0.15) is 0 Å². The zero-order valence-electron chi connectivity index (χ0n) is 9.65. The molecule has 0 atom stereocenters. The number of nitrogens with one attached hydrogen (secondary N) is 1. The molecule has 0 aliphatic carbocycles. The van der Waals surface area contributed by atoms with E-state index < -0.39 is 0 Å². The largest absolute Gasteiger partial charge is 0.320 e. The standard InChI is InChI=1S/C12H11BrIN3O/c1-2-17-7-8(13)11(16-17)12(18)15-10-6-4-3-5-9(10)14/h3-7H,2H2,1H3,(H,15,18). The van der Waals surface area contributed by atoms with Gasteiger partial charge in [-0.05, 0) is 57.6 Å². The number of benzene rings is 1. The summed E-state index contributed by atoms with van der Waals surface area (Å²) in [7, 11) is 0. The normalized spacial score (nSPS) is 10.4. The third-order valence-corrected chi connectivity index (χ3v) is 3.90. The van der Waals surface area contributed by atoms with Gasteiger partial charge in [0.2, 0.25) is 0 Å². The molecule has 0 bridgehead atoms. The number of halogens is 2. The van der Waals surface area contributed by atoms with Crippen molar-refractivity contribution in [3.63, 3.8) is 0 Å². The molecule has 0 aliphatic heterocycles. The van der Waals surface area contributed by atoms with Crippen LogP contribution in [0.1, 0.15) is 17.4 Å². The first kappa shape index (κ1) is 13.5. The summed E-state index contributed by atoms with van der Waals surface area (Å²) >= 11 is 5.53. The van der Waals surface area contributed by atoms with Crippen molar-refractivity contribution in [3.8, 4) is 0 Å². The lowest BCUT2D eigenvalue weighted by atomic mass is 10.3. The first-order chi connectivity index (χ1) is 8.61. The Morgan fingerprint density at radius 2 is 2.22 bits per heavy atom. The molecule has 0 saturated carbocycles. The lowest BCUT2D eigenvalue weighted by Crippen LogP contribution is -2.14. The Bertz CT molecular complexity index is 582. The number of hydrogen-bond donors (Lipinski definition) is 1. The second kappa shape index (κ2) is 5.83. The number of amides is 1. The van der Waals surface area contributed by atoms with Crippen molar-refractivity contribution in [2.75, 3.05) is 5.32 Å². The van der Waals surface area contributed by atoms with E-state index in [1.807, 2.05) is 31.2 Å². The molecule has 0 unspecified atom stereocenters. The van der Waals surface area contributed by atoms with E-state index in [1.165, 1.54) is 0 Å². The van der Waals surface area contributed by atoms with Crippen molar-refractivity contribution in [3.05, 3.63) is 44.2 Å². The van der Waals surface area contributed by atoms with Gasteiger partial charge in [0.05, 0.1) is 10.2 Å². The number of aromatic nitrogens is 2. The van der Waals surface area contributed by atoms with Gasteiger partial charge >= 0.3 is 0 Å². The van der Waals surface area contributed by atoms with Gasteiger partial charge in [-0.3, -0.25) is 9.48 Å². The highest BCUT2D eigenvalue weighted by Crippen LogP contribution is 2.20. The molecule has 94 valence electrons. The van der Waals surface area contributed by atoms with Crippen LogP contribution in [0.3, 0.4) is 0 Å². The van der Waals surface area contributed by atoms with E-state index in [4.69, 9.17) is 0 Å². The molecule has 4 nitrogen and oxygen atoms in total. The fraction of sp³-hybridized carbons (Fsp3) is 0.167.